The van der Waals surface area contributed by atoms with Crippen LogP contribution < -0.4 is 11.1 Å². The van der Waals surface area contributed by atoms with E-state index in [0.29, 0.717) is 23.9 Å². The molecule has 2 heterocycles. The summed E-state index contributed by atoms with van der Waals surface area (Å²) >= 11 is 3.48. The topological polar surface area (TPSA) is 86.0 Å². The summed E-state index contributed by atoms with van der Waals surface area (Å²) in [5, 5.41) is 4.23. The van der Waals surface area contributed by atoms with Crippen LogP contribution in [0, 0.1) is 5.92 Å². The summed E-state index contributed by atoms with van der Waals surface area (Å²) < 4.78 is 6.83. The van der Waals surface area contributed by atoms with Crippen LogP contribution in [0.3, 0.4) is 0 Å². The summed E-state index contributed by atoms with van der Waals surface area (Å²) in [6.45, 7) is 0.958. The number of fused-ring (bicyclic) bond motifs is 1. The third-order valence-electron chi connectivity index (χ3n) is 4.88. The van der Waals surface area contributed by atoms with Gasteiger partial charge >= 0.3 is 0 Å². The van der Waals surface area contributed by atoms with Crippen LogP contribution in [0.25, 0.3) is 10.9 Å². The Hall–Kier alpha value is -1.47. The zero-order valence-electron chi connectivity index (χ0n) is 13.5. The van der Waals surface area contributed by atoms with E-state index in [9.17, 15) is 0 Å². The lowest BCUT2D eigenvalue weighted by molar-refractivity contribution is 0.0203. The largest absolute Gasteiger partial charge is 0.383 e. The Labute approximate surface area is 149 Å². The molecule has 0 unspecified atom stereocenters. The number of pyridine rings is 1. The van der Waals surface area contributed by atoms with E-state index >= 15 is 0 Å². The van der Waals surface area contributed by atoms with Crippen molar-refractivity contribution in [2.45, 2.75) is 50.7 Å². The molecule has 0 atom stereocenters. The third kappa shape index (κ3) is 3.62. The summed E-state index contributed by atoms with van der Waals surface area (Å²) in [6, 6.07) is 0.404. The Balaban J connectivity index is 1.37. The standard InChI is InChI=1S/C17H22BrN5O/c18-14-8-20-16(19)13-7-21-17(23-15(13)14)22-11-3-5-12(6-4-11)24-9-10-1-2-10/h7-8,10-12H,1-6,9H2,(H2,19,20)(H,21,22,23)/t11-,12-. The number of aromatic nitrogens is 3. The molecule has 0 radical (unpaired) electrons. The number of nitrogens with zero attached hydrogens (tertiary/aromatic N) is 3. The number of hydrogen-bond acceptors (Lipinski definition) is 6. The van der Waals surface area contributed by atoms with Crippen LogP contribution in [0.2, 0.25) is 0 Å². The van der Waals surface area contributed by atoms with Gasteiger partial charge in [0.1, 0.15) is 5.82 Å². The third-order valence-corrected chi connectivity index (χ3v) is 5.46. The smallest absolute Gasteiger partial charge is 0.223 e. The molecule has 2 aliphatic rings. The van der Waals surface area contributed by atoms with Crippen molar-refractivity contribution < 1.29 is 4.74 Å². The maximum atomic E-state index is 6.01. The first-order chi connectivity index (χ1) is 11.7. The van der Waals surface area contributed by atoms with Gasteiger partial charge in [0.2, 0.25) is 5.95 Å². The first kappa shape index (κ1) is 16.0. The fourth-order valence-corrected chi connectivity index (χ4v) is 3.60. The fraction of sp³-hybridized carbons (Fsp3) is 0.588. The molecule has 24 heavy (non-hydrogen) atoms. The van der Waals surface area contributed by atoms with Gasteiger partial charge in [-0.3, -0.25) is 0 Å². The first-order valence-corrected chi connectivity index (χ1v) is 9.43. The number of halogens is 1. The Kier molecular flexibility index (Phi) is 4.54. The average Bonchev–Trinajstić information content (AvgIpc) is 3.42. The molecule has 0 spiro atoms. The SMILES string of the molecule is Nc1ncc(Br)c2nc(N[C@H]3CC[C@H](OCC4CC4)CC3)ncc12. The van der Waals surface area contributed by atoms with Crippen LogP contribution in [0.15, 0.2) is 16.9 Å². The second-order valence-corrected chi connectivity index (χ2v) is 7.70. The number of hydrogen-bond donors (Lipinski definition) is 2. The van der Waals surface area contributed by atoms with Gasteiger partial charge in [-0.05, 0) is 60.4 Å². The second kappa shape index (κ2) is 6.80. The number of anilines is 2. The van der Waals surface area contributed by atoms with Gasteiger partial charge in [-0.25, -0.2) is 15.0 Å². The zero-order chi connectivity index (χ0) is 16.5. The van der Waals surface area contributed by atoms with E-state index in [1.54, 1.807) is 12.4 Å². The van der Waals surface area contributed by atoms with Gasteiger partial charge in [0.05, 0.1) is 21.5 Å². The Morgan fingerprint density at radius 1 is 1.12 bits per heavy atom. The molecule has 0 bridgehead atoms. The monoisotopic (exact) mass is 391 g/mol. The van der Waals surface area contributed by atoms with Crippen molar-refractivity contribution in [3.8, 4) is 0 Å². The molecule has 3 N–H and O–H groups in total. The fourth-order valence-electron chi connectivity index (χ4n) is 3.19. The minimum absolute atomic E-state index is 0.404. The molecule has 128 valence electrons. The van der Waals surface area contributed by atoms with Crippen LogP contribution in [0.4, 0.5) is 11.8 Å². The van der Waals surface area contributed by atoms with E-state index in [-0.39, 0.29) is 0 Å². The molecule has 0 aliphatic heterocycles. The predicted molar refractivity (Wildman–Crippen MR) is 97.8 cm³/mol. The van der Waals surface area contributed by atoms with E-state index in [4.69, 9.17) is 10.5 Å². The normalized spacial score (nSPS) is 24.2. The predicted octanol–water partition coefficient (Wildman–Crippen LogP) is 3.52. The zero-order valence-corrected chi connectivity index (χ0v) is 15.1. The lowest BCUT2D eigenvalue weighted by atomic mass is 9.93. The summed E-state index contributed by atoms with van der Waals surface area (Å²) in [4.78, 5) is 13.1. The van der Waals surface area contributed by atoms with E-state index in [1.165, 1.54) is 12.8 Å². The van der Waals surface area contributed by atoms with E-state index in [1.807, 2.05) is 0 Å². The van der Waals surface area contributed by atoms with Crippen LogP contribution in [0.1, 0.15) is 38.5 Å². The van der Waals surface area contributed by atoms with Gasteiger partial charge < -0.3 is 15.8 Å². The molecule has 4 rings (SSSR count). The van der Waals surface area contributed by atoms with Gasteiger partial charge in [-0.1, -0.05) is 0 Å². The van der Waals surface area contributed by atoms with Crippen LogP contribution in [-0.4, -0.2) is 33.7 Å². The maximum Gasteiger partial charge on any atom is 0.223 e. The van der Waals surface area contributed by atoms with Gasteiger partial charge in [0.15, 0.2) is 0 Å². The Morgan fingerprint density at radius 3 is 2.67 bits per heavy atom. The van der Waals surface area contributed by atoms with Crippen molar-refractivity contribution in [1.29, 1.82) is 0 Å². The Morgan fingerprint density at radius 2 is 1.92 bits per heavy atom. The number of ether oxygens (including phenoxy) is 1. The number of rotatable bonds is 5. The lowest BCUT2D eigenvalue weighted by Crippen LogP contribution is -2.30. The van der Waals surface area contributed by atoms with Crippen molar-refractivity contribution in [3.05, 3.63) is 16.9 Å². The highest BCUT2D eigenvalue weighted by Crippen LogP contribution is 2.31. The number of nitrogens with one attached hydrogen (secondary N) is 1. The minimum Gasteiger partial charge on any atom is -0.383 e. The first-order valence-electron chi connectivity index (χ1n) is 8.64. The van der Waals surface area contributed by atoms with Crippen LogP contribution in [-0.2, 0) is 4.74 Å². The molecule has 6 nitrogen and oxygen atoms in total. The van der Waals surface area contributed by atoms with Gasteiger partial charge in [0.25, 0.3) is 0 Å². The van der Waals surface area contributed by atoms with Crippen molar-refractivity contribution >= 4 is 38.6 Å². The van der Waals surface area contributed by atoms with Crippen molar-refractivity contribution in [2.75, 3.05) is 17.7 Å². The number of nitrogens with two attached hydrogens (primary N) is 1. The molecule has 2 saturated carbocycles. The van der Waals surface area contributed by atoms with Gasteiger partial charge in [0, 0.05) is 25.0 Å². The molecule has 0 aromatic carbocycles. The highest BCUT2D eigenvalue weighted by Gasteiger charge is 2.26. The molecular weight excluding hydrogens is 370 g/mol. The van der Waals surface area contributed by atoms with Crippen molar-refractivity contribution in [1.82, 2.24) is 15.0 Å². The van der Waals surface area contributed by atoms with E-state index < -0.39 is 0 Å². The molecule has 2 aliphatic carbocycles. The molecule has 0 amide bonds. The van der Waals surface area contributed by atoms with E-state index in [0.717, 1.165) is 53.6 Å². The van der Waals surface area contributed by atoms with Crippen LogP contribution in [0.5, 0.6) is 0 Å². The van der Waals surface area contributed by atoms with Gasteiger partial charge in [-0.2, -0.15) is 0 Å². The highest BCUT2D eigenvalue weighted by atomic mass is 79.9. The lowest BCUT2D eigenvalue weighted by Gasteiger charge is -2.29. The molecular formula is C17H22BrN5O. The summed E-state index contributed by atoms with van der Waals surface area (Å²) in [7, 11) is 0. The molecule has 7 heteroatoms. The van der Waals surface area contributed by atoms with Crippen molar-refractivity contribution in [3.63, 3.8) is 0 Å². The molecule has 0 saturated heterocycles. The Bertz CT molecular complexity index is 728. The average molecular weight is 392 g/mol. The van der Waals surface area contributed by atoms with E-state index in [2.05, 4.69) is 36.2 Å². The molecule has 2 fully saturated rings. The second-order valence-electron chi connectivity index (χ2n) is 6.84. The molecule has 2 aromatic rings. The molecule has 2 aromatic heterocycles. The maximum absolute atomic E-state index is 6.01. The van der Waals surface area contributed by atoms with Crippen LogP contribution >= 0.6 is 15.9 Å². The highest BCUT2D eigenvalue weighted by molar-refractivity contribution is 9.10. The number of nitrogen functional groups attached to an aromatic ring is 1. The minimum atomic E-state index is 0.404. The summed E-state index contributed by atoms with van der Waals surface area (Å²) in [5.41, 5.74) is 6.68. The summed E-state index contributed by atoms with van der Waals surface area (Å²) in [5.74, 6) is 1.94. The summed E-state index contributed by atoms with van der Waals surface area (Å²) in [6.07, 6.45) is 11.0. The quantitative estimate of drug-likeness (QED) is 0.810. The van der Waals surface area contributed by atoms with Gasteiger partial charge in [-0.15, -0.1) is 0 Å². The van der Waals surface area contributed by atoms with Crippen molar-refractivity contribution in [2.24, 2.45) is 5.92 Å².